The highest BCUT2D eigenvalue weighted by molar-refractivity contribution is 6.09. The summed E-state index contributed by atoms with van der Waals surface area (Å²) in [4.78, 5) is 43.8. The molecule has 65 heavy (non-hydrogen) atoms. The summed E-state index contributed by atoms with van der Waals surface area (Å²) < 4.78 is 0. The molecule has 0 aliphatic carbocycles. The lowest BCUT2D eigenvalue weighted by molar-refractivity contribution is -0.122. The number of carbonyl (C=O) groups excluding carboxylic acids is 2. The fraction of sp³-hybridized carbons (Fsp3) is 0.298. The quantitative estimate of drug-likeness (QED) is 0.0873. The van der Waals surface area contributed by atoms with E-state index in [-0.39, 0.29) is 23.9 Å². The highest BCUT2D eigenvalue weighted by Crippen LogP contribution is 2.37. The second-order valence-electron chi connectivity index (χ2n) is 18.1. The Morgan fingerprint density at radius 3 is 1.35 bits per heavy atom. The molecule has 6 aromatic rings. The first-order chi connectivity index (χ1) is 31.2. The molecule has 8 heteroatoms. The highest BCUT2D eigenvalue weighted by atomic mass is 16.2. The summed E-state index contributed by atoms with van der Waals surface area (Å²) in [6.07, 6.45) is 7.19. The van der Waals surface area contributed by atoms with Gasteiger partial charge in [-0.2, -0.15) is 0 Å². The summed E-state index contributed by atoms with van der Waals surface area (Å²) in [5.41, 5.74) is 19.9. The maximum absolute atomic E-state index is 13.2. The second-order valence-corrected chi connectivity index (χ2v) is 18.1. The molecular weight excluding hydrogens is 801 g/mol. The van der Waals surface area contributed by atoms with Gasteiger partial charge in [0.1, 0.15) is 0 Å². The smallest absolute Gasteiger partial charge is 0.220 e. The summed E-state index contributed by atoms with van der Waals surface area (Å²) in [6.45, 7) is 21.1. The maximum Gasteiger partial charge on any atom is 0.220 e. The van der Waals surface area contributed by atoms with Gasteiger partial charge in [-0.3, -0.25) is 19.6 Å². The maximum atomic E-state index is 13.2. The van der Waals surface area contributed by atoms with Crippen molar-refractivity contribution in [3.63, 3.8) is 0 Å². The predicted octanol–water partition coefficient (Wildman–Crippen LogP) is 12.9. The average molecular weight is 863 g/mol. The number of aryl methyl sites for hydroxylation is 2. The van der Waals surface area contributed by atoms with E-state index in [4.69, 9.17) is 9.98 Å². The van der Waals surface area contributed by atoms with Crippen LogP contribution in [0.1, 0.15) is 129 Å². The zero-order valence-corrected chi connectivity index (χ0v) is 39.6. The number of amides is 2. The number of aliphatic imine (C=N–C) groups is 2. The summed E-state index contributed by atoms with van der Waals surface area (Å²) in [5.74, 6) is 0.0853. The standard InChI is InChI=1S/C57H62N6O2/c1-32-44(25-27-56(64)62-38(7)46-23-15-19-42-17-11-13-21-48(42)46)36(5)58-52(32)30-54-34(3)50(40(9)60-54)29-51-35(4)55(61-41(51)10)31-53-33(2)45(37(6)59-53)26-28-57(65)63-39(8)47-24-16-20-43-18-12-14-22-49(43)47/h11-24,30-31,38-39,58-59H,25-29H2,1-10H3,(H,62,64)(H,63,65)/b54-30+,55-31?/t38-,39-/m1/s1. The van der Waals surface area contributed by atoms with Crippen molar-refractivity contribution in [3.8, 4) is 0 Å². The Morgan fingerprint density at radius 1 is 0.554 bits per heavy atom. The number of nitrogens with zero attached hydrogens (tertiary/aromatic N) is 2. The van der Waals surface area contributed by atoms with Gasteiger partial charge >= 0.3 is 0 Å². The molecule has 2 aliphatic heterocycles. The van der Waals surface area contributed by atoms with Crippen molar-refractivity contribution < 1.29 is 9.59 Å². The van der Waals surface area contributed by atoms with E-state index in [1.165, 1.54) is 55.0 Å². The van der Waals surface area contributed by atoms with Crippen LogP contribution in [-0.4, -0.2) is 33.2 Å². The van der Waals surface area contributed by atoms with Crippen LogP contribution >= 0.6 is 0 Å². The third kappa shape index (κ3) is 9.26. The molecule has 0 fully saturated rings. The Labute approximate surface area is 383 Å². The summed E-state index contributed by atoms with van der Waals surface area (Å²) >= 11 is 0. The van der Waals surface area contributed by atoms with E-state index >= 15 is 0 Å². The van der Waals surface area contributed by atoms with Gasteiger partial charge in [0.25, 0.3) is 0 Å². The van der Waals surface area contributed by atoms with Gasteiger partial charge in [0, 0.05) is 53.5 Å². The number of aromatic nitrogens is 2. The van der Waals surface area contributed by atoms with Crippen molar-refractivity contribution in [1.29, 1.82) is 0 Å². The van der Waals surface area contributed by atoms with Crippen molar-refractivity contribution in [3.05, 3.63) is 175 Å². The summed E-state index contributed by atoms with van der Waals surface area (Å²) in [7, 11) is 0. The molecule has 4 aromatic carbocycles. The Bertz CT molecular complexity index is 2850. The normalized spacial score (nSPS) is 16.3. The lowest BCUT2D eigenvalue weighted by Crippen LogP contribution is -2.27. The molecule has 2 aliphatic rings. The van der Waals surface area contributed by atoms with Crippen molar-refractivity contribution in [2.45, 2.75) is 113 Å². The van der Waals surface area contributed by atoms with Crippen molar-refractivity contribution in [1.82, 2.24) is 20.6 Å². The molecule has 2 aromatic heterocycles. The van der Waals surface area contributed by atoms with E-state index in [9.17, 15) is 9.59 Å². The molecule has 2 atom stereocenters. The largest absolute Gasteiger partial charge is 0.359 e. The number of nitrogens with one attached hydrogen (secondary N) is 4. The summed E-state index contributed by atoms with van der Waals surface area (Å²) in [5, 5.41) is 11.2. The SMILES string of the molecule is CC1=NC(=Cc2[nH]c(C)c(CCC(=O)N[C@H](C)c3cccc4ccccc34)c2C)C(C)=C1CC1=C(C)/C(=C\c2[nH]c(C)c(CCC(=O)N[C@H](C)c3cccc4ccccc34)c2C)N=C1C. The Morgan fingerprint density at radius 2 is 0.938 bits per heavy atom. The Balaban J connectivity index is 0.912. The van der Waals surface area contributed by atoms with E-state index in [0.29, 0.717) is 25.7 Å². The molecule has 0 saturated heterocycles. The lowest BCUT2D eigenvalue weighted by Gasteiger charge is -2.17. The van der Waals surface area contributed by atoms with Crippen LogP contribution in [0.25, 0.3) is 33.7 Å². The van der Waals surface area contributed by atoms with Crippen LogP contribution < -0.4 is 10.6 Å². The van der Waals surface area contributed by atoms with Crippen molar-refractivity contribution in [2.24, 2.45) is 9.98 Å². The van der Waals surface area contributed by atoms with E-state index in [0.717, 1.165) is 74.3 Å². The number of aromatic amines is 2. The third-order valence-electron chi connectivity index (χ3n) is 13.8. The van der Waals surface area contributed by atoms with Crippen molar-refractivity contribution >= 4 is 56.9 Å². The first-order valence-corrected chi connectivity index (χ1v) is 23.0. The molecule has 0 spiro atoms. The number of allylic oxidation sites excluding steroid dienone is 4. The highest BCUT2D eigenvalue weighted by Gasteiger charge is 2.26. The van der Waals surface area contributed by atoms with E-state index in [2.05, 4.69) is 163 Å². The fourth-order valence-corrected chi connectivity index (χ4v) is 9.95. The van der Waals surface area contributed by atoms with Crippen LogP contribution in [0.15, 0.2) is 129 Å². The molecule has 0 radical (unpaired) electrons. The number of hydrogen-bond acceptors (Lipinski definition) is 4. The van der Waals surface area contributed by atoms with Gasteiger partial charge < -0.3 is 20.6 Å². The van der Waals surface area contributed by atoms with Gasteiger partial charge in [-0.25, -0.2) is 0 Å². The number of H-pyrrole nitrogens is 2. The van der Waals surface area contributed by atoms with Crippen LogP contribution in [0.5, 0.6) is 0 Å². The molecule has 8 rings (SSSR count). The second kappa shape index (κ2) is 18.7. The molecular formula is C57H62N6O2. The van der Waals surface area contributed by atoms with E-state index in [1.807, 2.05) is 24.3 Å². The molecule has 4 N–H and O–H groups in total. The lowest BCUT2D eigenvalue weighted by atomic mass is 9.93. The zero-order chi connectivity index (χ0) is 46.1. The predicted molar refractivity (Wildman–Crippen MR) is 270 cm³/mol. The Hall–Kier alpha value is -6.80. The minimum absolute atomic E-state index is 0.0426. The number of fused-ring (bicyclic) bond motifs is 2. The van der Waals surface area contributed by atoms with Gasteiger partial charge in [-0.05, 0) is 171 Å². The molecule has 0 saturated carbocycles. The fourth-order valence-electron chi connectivity index (χ4n) is 9.95. The molecule has 0 bridgehead atoms. The minimum Gasteiger partial charge on any atom is -0.359 e. The number of carbonyl (C=O) groups is 2. The molecule has 4 heterocycles. The molecule has 8 nitrogen and oxygen atoms in total. The van der Waals surface area contributed by atoms with E-state index in [1.54, 1.807) is 0 Å². The third-order valence-corrected chi connectivity index (χ3v) is 13.8. The molecule has 2 amide bonds. The van der Waals surface area contributed by atoms with Crippen molar-refractivity contribution in [2.75, 3.05) is 0 Å². The average Bonchev–Trinajstić information content (AvgIpc) is 3.92. The van der Waals surface area contributed by atoms with Crippen LogP contribution in [0.3, 0.4) is 0 Å². The van der Waals surface area contributed by atoms with Gasteiger partial charge in [-0.15, -0.1) is 0 Å². The number of hydrogen-bond donors (Lipinski definition) is 4. The Kier molecular flexibility index (Phi) is 12.9. The van der Waals surface area contributed by atoms with Crippen LogP contribution in [0.2, 0.25) is 0 Å². The minimum atomic E-state index is -0.0912. The van der Waals surface area contributed by atoms with Crippen LogP contribution in [-0.2, 0) is 22.4 Å². The van der Waals surface area contributed by atoms with Gasteiger partial charge in [0.2, 0.25) is 11.8 Å². The monoisotopic (exact) mass is 862 g/mol. The number of benzene rings is 4. The number of rotatable bonds is 14. The molecule has 332 valence electrons. The van der Waals surface area contributed by atoms with E-state index < -0.39 is 0 Å². The van der Waals surface area contributed by atoms with Crippen LogP contribution in [0, 0.1) is 27.7 Å². The van der Waals surface area contributed by atoms with Crippen LogP contribution in [0.4, 0.5) is 0 Å². The molecule has 0 unspecified atom stereocenters. The van der Waals surface area contributed by atoms with Gasteiger partial charge in [0.15, 0.2) is 0 Å². The summed E-state index contributed by atoms with van der Waals surface area (Å²) in [6, 6.07) is 29.0. The zero-order valence-electron chi connectivity index (χ0n) is 39.6. The van der Waals surface area contributed by atoms with Gasteiger partial charge in [-0.1, -0.05) is 84.9 Å². The topological polar surface area (TPSA) is 114 Å². The van der Waals surface area contributed by atoms with Gasteiger partial charge in [0.05, 0.1) is 23.5 Å². The first kappa shape index (κ1) is 44.8. The first-order valence-electron chi connectivity index (χ1n) is 23.0.